The van der Waals surface area contributed by atoms with Gasteiger partial charge in [-0.1, -0.05) is 24.3 Å². The number of hydrogen-bond donors (Lipinski definition) is 0. The van der Waals surface area contributed by atoms with E-state index >= 15 is 0 Å². The highest BCUT2D eigenvalue weighted by atomic mass is 15.2. The van der Waals surface area contributed by atoms with Crippen molar-refractivity contribution in [2.75, 3.05) is 18.0 Å². The molecule has 0 amide bonds. The quantitative estimate of drug-likeness (QED) is 0.734. The van der Waals surface area contributed by atoms with Crippen LogP contribution in [0.15, 0.2) is 49.1 Å². The number of anilines is 1. The number of nitrogens with zero attached hydrogens (tertiary/aromatic N) is 6. The van der Waals surface area contributed by atoms with Gasteiger partial charge in [-0.2, -0.15) is 5.10 Å². The molecule has 4 rings (SSSR count). The first kappa shape index (κ1) is 15.6. The van der Waals surface area contributed by atoms with Gasteiger partial charge in [0.1, 0.15) is 5.82 Å². The third-order valence-corrected chi connectivity index (χ3v) is 4.66. The Hall–Kier alpha value is -2.89. The molecule has 1 fully saturated rings. The average molecular weight is 332 g/mol. The van der Waals surface area contributed by atoms with Crippen molar-refractivity contribution in [3.8, 4) is 11.3 Å². The Balaban J connectivity index is 1.60. The van der Waals surface area contributed by atoms with Gasteiger partial charge < -0.3 is 4.90 Å². The van der Waals surface area contributed by atoms with E-state index in [4.69, 9.17) is 4.98 Å². The van der Waals surface area contributed by atoms with E-state index in [1.54, 1.807) is 18.6 Å². The largest absolute Gasteiger partial charge is 0.355 e. The molecule has 0 saturated carbocycles. The van der Waals surface area contributed by atoms with E-state index in [9.17, 15) is 0 Å². The molecule has 6 heteroatoms. The summed E-state index contributed by atoms with van der Waals surface area (Å²) in [5.74, 6) is 1.98. The molecule has 1 unspecified atom stereocenters. The first-order chi connectivity index (χ1) is 12.3. The molecule has 0 aliphatic carbocycles. The van der Waals surface area contributed by atoms with Crippen LogP contribution in [0.2, 0.25) is 0 Å². The van der Waals surface area contributed by atoms with Crippen LogP contribution in [0, 0.1) is 6.92 Å². The normalized spacial score (nSPS) is 17.5. The lowest BCUT2D eigenvalue weighted by atomic mass is 9.97. The van der Waals surface area contributed by atoms with E-state index in [2.05, 4.69) is 44.1 Å². The molecule has 3 aromatic rings. The third kappa shape index (κ3) is 3.33. The summed E-state index contributed by atoms with van der Waals surface area (Å²) >= 11 is 0. The smallest absolute Gasteiger partial charge is 0.156 e. The van der Waals surface area contributed by atoms with Gasteiger partial charge in [0.05, 0.1) is 18.1 Å². The maximum atomic E-state index is 4.82. The van der Waals surface area contributed by atoms with Gasteiger partial charge in [0.15, 0.2) is 5.82 Å². The monoisotopic (exact) mass is 332 g/mol. The molecule has 1 aliphatic rings. The SMILES string of the molecule is Cc1ccccc1-c1cnnc(C2CCCN(c3cnccn3)C2)n1. The van der Waals surface area contributed by atoms with E-state index in [1.807, 2.05) is 18.3 Å². The molecule has 2 aromatic heterocycles. The Morgan fingerprint density at radius 3 is 2.88 bits per heavy atom. The van der Waals surface area contributed by atoms with Crippen molar-refractivity contribution in [2.45, 2.75) is 25.7 Å². The van der Waals surface area contributed by atoms with Gasteiger partial charge in [-0.25, -0.2) is 9.97 Å². The van der Waals surface area contributed by atoms with Gasteiger partial charge in [-0.15, -0.1) is 5.10 Å². The zero-order chi connectivity index (χ0) is 17.1. The minimum atomic E-state index is 0.257. The van der Waals surface area contributed by atoms with Gasteiger partial charge in [-0.05, 0) is 25.3 Å². The van der Waals surface area contributed by atoms with Crippen molar-refractivity contribution in [3.05, 3.63) is 60.4 Å². The molecule has 0 N–H and O–H groups in total. The Labute approximate surface area is 147 Å². The summed E-state index contributed by atoms with van der Waals surface area (Å²) in [5, 5.41) is 8.54. The van der Waals surface area contributed by atoms with Gasteiger partial charge in [0, 0.05) is 37.0 Å². The fourth-order valence-electron chi connectivity index (χ4n) is 3.33. The van der Waals surface area contributed by atoms with Crippen LogP contribution in [0.4, 0.5) is 5.82 Å². The average Bonchev–Trinajstić information content (AvgIpc) is 2.69. The lowest BCUT2D eigenvalue weighted by Gasteiger charge is -2.32. The number of aromatic nitrogens is 5. The number of benzene rings is 1. The second-order valence-corrected chi connectivity index (χ2v) is 6.36. The topological polar surface area (TPSA) is 67.7 Å². The summed E-state index contributed by atoms with van der Waals surface area (Å²) in [6, 6.07) is 8.23. The van der Waals surface area contributed by atoms with Crippen molar-refractivity contribution in [1.82, 2.24) is 25.1 Å². The zero-order valence-electron chi connectivity index (χ0n) is 14.2. The van der Waals surface area contributed by atoms with Crippen LogP contribution in [-0.2, 0) is 0 Å². The molecule has 25 heavy (non-hydrogen) atoms. The van der Waals surface area contributed by atoms with E-state index in [0.29, 0.717) is 0 Å². The number of aryl methyl sites for hydroxylation is 1. The molecule has 0 spiro atoms. The molecule has 6 nitrogen and oxygen atoms in total. The standard InChI is InChI=1S/C19H20N6/c1-14-5-2-3-7-16(14)17-11-22-24-19(23-17)15-6-4-10-25(13-15)18-12-20-8-9-21-18/h2-3,5,7-9,11-12,15H,4,6,10,13H2,1H3. The lowest BCUT2D eigenvalue weighted by Crippen LogP contribution is -2.35. The summed E-state index contributed by atoms with van der Waals surface area (Å²) in [6.45, 7) is 3.92. The molecular formula is C19H20N6. The highest BCUT2D eigenvalue weighted by Gasteiger charge is 2.25. The Bertz CT molecular complexity index is 851. The van der Waals surface area contributed by atoms with Crippen LogP contribution in [0.1, 0.15) is 30.1 Å². The minimum absolute atomic E-state index is 0.257. The van der Waals surface area contributed by atoms with E-state index in [1.165, 1.54) is 5.56 Å². The Kier molecular flexibility index (Phi) is 4.33. The minimum Gasteiger partial charge on any atom is -0.355 e. The molecule has 1 aromatic carbocycles. The molecule has 126 valence electrons. The van der Waals surface area contributed by atoms with E-state index < -0.39 is 0 Å². The van der Waals surface area contributed by atoms with Gasteiger partial charge in [0.25, 0.3) is 0 Å². The van der Waals surface area contributed by atoms with Gasteiger partial charge >= 0.3 is 0 Å². The van der Waals surface area contributed by atoms with Crippen molar-refractivity contribution in [1.29, 1.82) is 0 Å². The Morgan fingerprint density at radius 1 is 1.12 bits per heavy atom. The van der Waals surface area contributed by atoms with Crippen molar-refractivity contribution in [2.24, 2.45) is 0 Å². The summed E-state index contributed by atoms with van der Waals surface area (Å²) < 4.78 is 0. The molecular weight excluding hydrogens is 312 g/mol. The van der Waals surface area contributed by atoms with Crippen LogP contribution < -0.4 is 4.90 Å². The van der Waals surface area contributed by atoms with Gasteiger partial charge in [-0.3, -0.25) is 4.98 Å². The van der Waals surface area contributed by atoms with Crippen molar-refractivity contribution < 1.29 is 0 Å². The molecule has 1 saturated heterocycles. The second kappa shape index (κ2) is 6.93. The number of hydrogen-bond acceptors (Lipinski definition) is 6. The number of rotatable bonds is 3. The molecule has 1 aliphatic heterocycles. The van der Waals surface area contributed by atoms with Gasteiger partial charge in [0.2, 0.25) is 0 Å². The zero-order valence-corrected chi connectivity index (χ0v) is 14.2. The predicted octanol–water partition coefficient (Wildman–Crippen LogP) is 3.02. The van der Waals surface area contributed by atoms with Crippen LogP contribution in [0.5, 0.6) is 0 Å². The van der Waals surface area contributed by atoms with Crippen molar-refractivity contribution in [3.63, 3.8) is 0 Å². The first-order valence-electron chi connectivity index (χ1n) is 8.58. The predicted molar refractivity (Wildman–Crippen MR) is 96.2 cm³/mol. The molecule has 3 heterocycles. The summed E-state index contributed by atoms with van der Waals surface area (Å²) in [7, 11) is 0. The third-order valence-electron chi connectivity index (χ3n) is 4.66. The highest BCUT2D eigenvalue weighted by Crippen LogP contribution is 2.28. The van der Waals surface area contributed by atoms with Crippen LogP contribution in [-0.4, -0.2) is 38.2 Å². The maximum absolute atomic E-state index is 4.82. The lowest BCUT2D eigenvalue weighted by molar-refractivity contribution is 0.484. The fraction of sp³-hybridized carbons (Fsp3) is 0.316. The molecule has 1 atom stereocenters. The maximum Gasteiger partial charge on any atom is 0.156 e. The van der Waals surface area contributed by atoms with Crippen LogP contribution in [0.3, 0.4) is 0 Å². The van der Waals surface area contributed by atoms with Crippen LogP contribution >= 0.6 is 0 Å². The summed E-state index contributed by atoms with van der Waals surface area (Å²) in [5.41, 5.74) is 3.19. The van der Waals surface area contributed by atoms with E-state index in [0.717, 1.165) is 48.8 Å². The second-order valence-electron chi connectivity index (χ2n) is 6.36. The van der Waals surface area contributed by atoms with Crippen LogP contribution in [0.25, 0.3) is 11.3 Å². The molecule has 0 bridgehead atoms. The highest BCUT2D eigenvalue weighted by molar-refractivity contribution is 5.62. The molecule has 0 radical (unpaired) electrons. The fourth-order valence-corrected chi connectivity index (χ4v) is 3.33. The first-order valence-corrected chi connectivity index (χ1v) is 8.58. The van der Waals surface area contributed by atoms with E-state index in [-0.39, 0.29) is 5.92 Å². The Morgan fingerprint density at radius 2 is 2.04 bits per heavy atom. The number of piperidine rings is 1. The van der Waals surface area contributed by atoms with Crippen molar-refractivity contribution >= 4 is 5.82 Å². The summed E-state index contributed by atoms with van der Waals surface area (Å²) in [4.78, 5) is 15.7. The summed E-state index contributed by atoms with van der Waals surface area (Å²) in [6.07, 6.45) is 9.13.